The van der Waals surface area contributed by atoms with Crippen molar-refractivity contribution in [2.75, 3.05) is 27.6 Å². The fraction of sp³-hybridized carbons (Fsp3) is 0.300. The van der Waals surface area contributed by atoms with E-state index in [1.165, 1.54) is 20.3 Å². The van der Waals surface area contributed by atoms with Crippen LogP contribution in [0.5, 0.6) is 23.0 Å². The van der Waals surface area contributed by atoms with Crippen LogP contribution in [-0.4, -0.2) is 39.5 Å². The van der Waals surface area contributed by atoms with Crippen molar-refractivity contribution < 1.29 is 33.3 Å². The Morgan fingerprint density at radius 2 is 1.89 bits per heavy atom. The van der Waals surface area contributed by atoms with E-state index in [0.29, 0.717) is 17.2 Å². The minimum atomic E-state index is -0.679. The standard InChI is InChI=1S/C20H21NO7/c1-12(13-7-8-15-17(9-13)28-11-27-15)21-18(22)10-26-20(23)14-5-4-6-16(24-2)19(14)25-3/h4-9,12H,10-11H2,1-3H3,(H,21,22)/t12-/m1/s1. The Labute approximate surface area is 162 Å². The molecule has 3 rings (SSSR count). The Hall–Kier alpha value is -3.42. The maximum absolute atomic E-state index is 12.3. The highest BCUT2D eigenvalue weighted by atomic mass is 16.7. The van der Waals surface area contributed by atoms with E-state index in [4.69, 9.17) is 23.7 Å². The average molecular weight is 387 g/mol. The number of rotatable bonds is 7. The maximum atomic E-state index is 12.3. The van der Waals surface area contributed by atoms with Crippen LogP contribution in [0.4, 0.5) is 0 Å². The topological polar surface area (TPSA) is 92.3 Å². The number of para-hydroxylation sites is 1. The van der Waals surface area contributed by atoms with Gasteiger partial charge >= 0.3 is 5.97 Å². The van der Waals surface area contributed by atoms with E-state index < -0.39 is 18.5 Å². The highest BCUT2D eigenvalue weighted by molar-refractivity contribution is 5.95. The Balaban J connectivity index is 1.57. The molecule has 0 saturated heterocycles. The van der Waals surface area contributed by atoms with Crippen LogP contribution in [0.3, 0.4) is 0 Å². The molecule has 1 aliphatic heterocycles. The number of carbonyl (C=O) groups is 2. The second-order valence-corrected chi connectivity index (χ2v) is 6.02. The van der Waals surface area contributed by atoms with Crippen LogP contribution in [0.1, 0.15) is 28.9 Å². The Morgan fingerprint density at radius 3 is 2.64 bits per heavy atom. The lowest BCUT2D eigenvalue weighted by Gasteiger charge is -2.15. The summed E-state index contributed by atoms with van der Waals surface area (Å²) < 4.78 is 26.1. The highest BCUT2D eigenvalue weighted by Gasteiger charge is 2.20. The summed E-state index contributed by atoms with van der Waals surface area (Å²) in [6, 6.07) is 9.97. The molecule has 1 aliphatic rings. The summed E-state index contributed by atoms with van der Waals surface area (Å²) in [6.07, 6.45) is 0. The van der Waals surface area contributed by atoms with Crippen molar-refractivity contribution in [1.29, 1.82) is 0 Å². The SMILES string of the molecule is COc1cccc(C(=O)OCC(=O)N[C@H](C)c2ccc3c(c2)OCO3)c1OC. The normalized spacial score (nSPS) is 12.8. The summed E-state index contributed by atoms with van der Waals surface area (Å²) >= 11 is 0. The predicted molar refractivity (Wildman–Crippen MR) is 99.0 cm³/mol. The zero-order chi connectivity index (χ0) is 20.1. The molecule has 0 spiro atoms. The van der Waals surface area contributed by atoms with Gasteiger partial charge in [0.15, 0.2) is 29.6 Å². The van der Waals surface area contributed by atoms with Gasteiger partial charge in [0.2, 0.25) is 6.79 Å². The van der Waals surface area contributed by atoms with Crippen LogP contribution in [0, 0.1) is 0 Å². The van der Waals surface area contributed by atoms with E-state index in [2.05, 4.69) is 5.32 Å². The third-order valence-corrected chi connectivity index (χ3v) is 4.23. The molecule has 8 heteroatoms. The number of fused-ring (bicyclic) bond motifs is 1. The van der Waals surface area contributed by atoms with Crippen LogP contribution in [0.15, 0.2) is 36.4 Å². The zero-order valence-electron chi connectivity index (χ0n) is 15.8. The van der Waals surface area contributed by atoms with Gasteiger partial charge in [-0.05, 0) is 36.8 Å². The van der Waals surface area contributed by atoms with Gasteiger partial charge in [0.1, 0.15) is 5.56 Å². The molecule has 0 aromatic heterocycles. The number of benzene rings is 2. The van der Waals surface area contributed by atoms with Crippen molar-refractivity contribution in [3.05, 3.63) is 47.5 Å². The summed E-state index contributed by atoms with van der Waals surface area (Å²) in [5, 5.41) is 2.78. The molecule has 0 fully saturated rings. The monoisotopic (exact) mass is 387 g/mol. The summed E-state index contributed by atoms with van der Waals surface area (Å²) in [5.41, 5.74) is 1.02. The molecule has 0 saturated carbocycles. The van der Waals surface area contributed by atoms with Gasteiger partial charge in [-0.2, -0.15) is 0 Å². The van der Waals surface area contributed by atoms with E-state index in [0.717, 1.165) is 5.56 Å². The van der Waals surface area contributed by atoms with E-state index in [1.807, 2.05) is 13.0 Å². The van der Waals surface area contributed by atoms with Crippen LogP contribution in [0.2, 0.25) is 0 Å². The van der Waals surface area contributed by atoms with Crippen molar-refractivity contribution >= 4 is 11.9 Å². The number of amides is 1. The first-order chi connectivity index (χ1) is 13.5. The number of hydrogen-bond acceptors (Lipinski definition) is 7. The molecule has 0 unspecified atom stereocenters. The lowest BCUT2D eigenvalue weighted by atomic mass is 10.1. The molecule has 1 N–H and O–H groups in total. The first-order valence-corrected chi connectivity index (χ1v) is 8.60. The molecule has 0 radical (unpaired) electrons. The van der Waals surface area contributed by atoms with E-state index in [1.54, 1.807) is 24.3 Å². The van der Waals surface area contributed by atoms with Crippen LogP contribution < -0.4 is 24.3 Å². The largest absolute Gasteiger partial charge is 0.493 e. The third-order valence-electron chi connectivity index (χ3n) is 4.23. The third kappa shape index (κ3) is 4.11. The fourth-order valence-corrected chi connectivity index (χ4v) is 2.81. The van der Waals surface area contributed by atoms with Gasteiger partial charge in [0.25, 0.3) is 5.91 Å². The van der Waals surface area contributed by atoms with Gasteiger partial charge in [-0.3, -0.25) is 4.79 Å². The molecule has 8 nitrogen and oxygen atoms in total. The second-order valence-electron chi connectivity index (χ2n) is 6.02. The smallest absolute Gasteiger partial charge is 0.342 e. The molecule has 1 amide bonds. The Bertz CT molecular complexity index is 881. The van der Waals surface area contributed by atoms with Crippen molar-refractivity contribution in [3.63, 3.8) is 0 Å². The second kappa shape index (κ2) is 8.51. The van der Waals surface area contributed by atoms with Crippen LogP contribution in [-0.2, 0) is 9.53 Å². The van der Waals surface area contributed by atoms with Gasteiger partial charge in [0, 0.05) is 0 Å². The van der Waals surface area contributed by atoms with Gasteiger partial charge in [-0.25, -0.2) is 4.79 Å². The molecule has 0 bridgehead atoms. The van der Waals surface area contributed by atoms with Crippen molar-refractivity contribution in [2.24, 2.45) is 0 Å². The molecule has 0 aliphatic carbocycles. The number of hydrogen-bond donors (Lipinski definition) is 1. The Morgan fingerprint density at radius 1 is 1.11 bits per heavy atom. The van der Waals surface area contributed by atoms with Crippen molar-refractivity contribution in [1.82, 2.24) is 5.32 Å². The molecule has 2 aromatic rings. The Kier molecular flexibility index (Phi) is 5.88. The maximum Gasteiger partial charge on any atom is 0.342 e. The minimum absolute atomic E-state index is 0.179. The molecule has 1 atom stereocenters. The molecule has 148 valence electrons. The van der Waals surface area contributed by atoms with Gasteiger partial charge in [-0.1, -0.05) is 12.1 Å². The fourth-order valence-electron chi connectivity index (χ4n) is 2.81. The molecule has 1 heterocycles. The van der Waals surface area contributed by atoms with Crippen LogP contribution in [0.25, 0.3) is 0 Å². The molecule has 2 aromatic carbocycles. The molecular formula is C20H21NO7. The van der Waals surface area contributed by atoms with E-state index in [-0.39, 0.29) is 24.1 Å². The average Bonchev–Trinajstić information content (AvgIpc) is 3.19. The number of carbonyl (C=O) groups excluding carboxylic acids is 2. The predicted octanol–water partition coefficient (Wildman–Crippen LogP) is 2.47. The van der Waals surface area contributed by atoms with Crippen molar-refractivity contribution in [3.8, 4) is 23.0 Å². The summed E-state index contributed by atoms with van der Waals surface area (Å²) in [5.74, 6) is 0.850. The number of esters is 1. The summed E-state index contributed by atoms with van der Waals surface area (Å²) in [6.45, 7) is 1.58. The van der Waals surface area contributed by atoms with E-state index in [9.17, 15) is 9.59 Å². The van der Waals surface area contributed by atoms with Crippen LogP contribution >= 0.6 is 0 Å². The summed E-state index contributed by atoms with van der Waals surface area (Å²) in [4.78, 5) is 24.5. The summed E-state index contributed by atoms with van der Waals surface area (Å²) in [7, 11) is 2.90. The first kappa shape index (κ1) is 19.3. The van der Waals surface area contributed by atoms with Crippen molar-refractivity contribution in [2.45, 2.75) is 13.0 Å². The lowest BCUT2D eigenvalue weighted by molar-refractivity contribution is -0.124. The first-order valence-electron chi connectivity index (χ1n) is 8.60. The zero-order valence-corrected chi connectivity index (χ0v) is 15.8. The van der Waals surface area contributed by atoms with Gasteiger partial charge < -0.3 is 29.0 Å². The lowest BCUT2D eigenvalue weighted by Crippen LogP contribution is -2.31. The number of ether oxygens (including phenoxy) is 5. The van der Waals surface area contributed by atoms with Gasteiger partial charge in [-0.15, -0.1) is 0 Å². The highest BCUT2D eigenvalue weighted by Crippen LogP contribution is 2.34. The van der Waals surface area contributed by atoms with Gasteiger partial charge in [0.05, 0.1) is 20.3 Å². The number of nitrogens with one attached hydrogen (secondary N) is 1. The van der Waals surface area contributed by atoms with E-state index >= 15 is 0 Å². The number of methoxy groups -OCH3 is 2. The molecule has 28 heavy (non-hydrogen) atoms. The minimum Gasteiger partial charge on any atom is -0.493 e. The molecular weight excluding hydrogens is 366 g/mol. The quantitative estimate of drug-likeness (QED) is 0.730.